The minimum atomic E-state index is -0.465. The molecule has 28 heavy (non-hydrogen) atoms. The van der Waals surface area contributed by atoms with E-state index >= 15 is 0 Å². The predicted octanol–water partition coefficient (Wildman–Crippen LogP) is 3.88. The van der Waals surface area contributed by atoms with Crippen molar-refractivity contribution in [3.05, 3.63) is 52.0 Å². The molecule has 0 saturated carbocycles. The van der Waals surface area contributed by atoms with Crippen molar-refractivity contribution in [2.24, 2.45) is 0 Å². The second-order valence-electron chi connectivity index (χ2n) is 6.30. The van der Waals surface area contributed by atoms with Gasteiger partial charge in [0.2, 0.25) is 5.91 Å². The summed E-state index contributed by atoms with van der Waals surface area (Å²) in [6.07, 6.45) is 1.47. The molecule has 2 rings (SSSR count). The average Bonchev–Trinajstić information content (AvgIpc) is 3.19. The number of benzene rings is 1. The van der Waals surface area contributed by atoms with E-state index in [1.807, 2.05) is 49.1 Å². The van der Waals surface area contributed by atoms with Crippen molar-refractivity contribution in [2.75, 3.05) is 26.9 Å². The highest BCUT2D eigenvalue weighted by Gasteiger charge is 2.25. The van der Waals surface area contributed by atoms with Gasteiger partial charge in [0.25, 0.3) is 0 Å². The fourth-order valence-electron chi connectivity index (χ4n) is 2.97. The molecule has 1 aromatic heterocycles. The van der Waals surface area contributed by atoms with Gasteiger partial charge < -0.3 is 14.4 Å². The Morgan fingerprint density at radius 3 is 2.61 bits per heavy atom. The van der Waals surface area contributed by atoms with Gasteiger partial charge in [0.1, 0.15) is 5.01 Å². The van der Waals surface area contributed by atoms with Crippen molar-refractivity contribution >= 4 is 23.2 Å². The van der Waals surface area contributed by atoms with E-state index in [2.05, 4.69) is 4.98 Å². The van der Waals surface area contributed by atoms with Crippen molar-refractivity contribution in [2.45, 2.75) is 39.2 Å². The summed E-state index contributed by atoms with van der Waals surface area (Å²) in [5.74, 6) is -0.596. The summed E-state index contributed by atoms with van der Waals surface area (Å²) >= 11 is 1.36. The molecule has 0 aliphatic carbocycles. The summed E-state index contributed by atoms with van der Waals surface area (Å²) in [6, 6.07) is 9.83. The van der Waals surface area contributed by atoms with Crippen LogP contribution in [0.5, 0.6) is 0 Å². The highest BCUT2D eigenvalue weighted by molar-refractivity contribution is 7.09. The van der Waals surface area contributed by atoms with Gasteiger partial charge in [-0.25, -0.2) is 9.78 Å². The van der Waals surface area contributed by atoms with E-state index in [-0.39, 0.29) is 17.5 Å². The largest absolute Gasteiger partial charge is 0.464 e. The summed E-state index contributed by atoms with van der Waals surface area (Å²) in [6.45, 7) is 6.19. The van der Waals surface area contributed by atoms with Crippen molar-refractivity contribution in [1.82, 2.24) is 9.88 Å². The molecule has 0 aliphatic heterocycles. The number of rotatable bonds is 11. The standard InChI is InChI=1S/C21H28N2O4S/c1-4-17(16-10-7-6-8-11-16)20(24)23(12-9-13-27-5-2)14-19-22-18(15-28-19)21(25)26-3/h6-8,10-11,15,17H,4-5,9,12-14H2,1-3H3. The molecule has 0 bridgehead atoms. The summed E-state index contributed by atoms with van der Waals surface area (Å²) in [4.78, 5) is 31.1. The summed E-state index contributed by atoms with van der Waals surface area (Å²) in [5, 5.41) is 2.38. The quantitative estimate of drug-likeness (QED) is 0.420. The molecule has 0 N–H and O–H groups in total. The van der Waals surface area contributed by atoms with Gasteiger partial charge in [0.15, 0.2) is 5.69 Å². The average molecular weight is 405 g/mol. The number of aromatic nitrogens is 1. The van der Waals surface area contributed by atoms with E-state index in [0.717, 1.165) is 18.4 Å². The smallest absolute Gasteiger partial charge is 0.357 e. The van der Waals surface area contributed by atoms with Gasteiger partial charge in [-0.05, 0) is 25.3 Å². The van der Waals surface area contributed by atoms with Crippen LogP contribution >= 0.6 is 11.3 Å². The van der Waals surface area contributed by atoms with E-state index in [0.29, 0.717) is 31.3 Å². The molecule has 0 aliphatic rings. The normalized spacial score (nSPS) is 11.8. The van der Waals surface area contributed by atoms with Crippen molar-refractivity contribution < 1.29 is 19.1 Å². The molecule has 0 fully saturated rings. The van der Waals surface area contributed by atoms with Crippen molar-refractivity contribution in [1.29, 1.82) is 0 Å². The molecule has 1 heterocycles. The molecule has 7 heteroatoms. The minimum Gasteiger partial charge on any atom is -0.464 e. The number of nitrogens with zero attached hydrogens (tertiary/aromatic N) is 2. The first kappa shape index (κ1) is 22.0. The van der Waals surface area contributed by atoms with Crippen LogP contribution in [0.1, 0.15) is 53.7 Å². The molecule has 152 valence electrons. The Morgan fingerprint density at radius 2 is 1.96 bits per heavy atom. The van der Waals surface area contributed by atoms with E-state index in [1.165, 1.54) is 18.4 Å². The Bertz CT molecular complexity index is 748. The Morgan fingerprint density at radius 1 is 1.21 bits per heavy atom. The number of hydrogen-bond acceptors (Lipinski definition) is 6. The van der Waals surface area contributed by atoms with Gasteiger partial charge in [-0.3, -0.25) is 4.79 Å². The zero-order valence-electron chi connectivity index (χ0n) is 16.7. The van der Waals surface area contributed by atoms with Crippen LogP contribution in [0.15, 0.2) is 35.7 Å². The van der Waals surface area contributed by atoms with E-state index in [4.69, 9.17) is 9.47 Å². The number of methoxy groups -OCH3 is 1. The lowest BCUT2D eigenvalue weighted by Crippen LogP contribution is -2.36. The van der Waals surface area contributed by atoms with Gasteiger partial charge >= 0.3 is 5.97 Å². The molecule has 1 atom stereocenters. The van der Waals surface area contributed by atoms with Crippen LogP contribution in [0.2, 0.25) is 0 Å². The number of carbonyl (C=O) groups excluding carboxylic acids is 2. The van der Waals surface area contributed by atoms with E-state index < -0.39 is 5.97 Å². The van der Waals surface area contributed by atoms with Gasteiger partial charge in [0, 0.05) is 25.1 Å². The van der Waals surface area contributed by atoms with Crippen molar-refractivity contribution in [3.63, 3.8) is 0 Å². The molecule has 0 spiro atoms. The molecular formula is C21H28N2O4S. The van der Waals surface area contributed by atoms with Crippen LogP contribution in [-0.4, -0.2) is 48.6 Å². The number of carbonyl (C=O) groups is 2. The maximum absolute atomic E-state index is 13.3. The van der Waals surface area contributed by atoms with Gasteiger partial charge in [-0.2, -0.15) is 0 Å². The zero-order valence-corrected chi connectivity index (χ0v) is 17.5. The van der Waals surface area contributed by atoms with Gasteiger partial charge in [0.05, 0.1) is 19.6 Å². The van der Waals surface area contributed by atoms with Crippen LogP contribution < -0.4 is 0 Å². The summed E-state index contributed by atoms with van der Waals surface area (Å²) < 4.78 is 10.1. The van der Waals surface area contributed by atoms with Gasteiger partial charge in [-0.15, -0.1) is 11.3 Å². The van der Waals surface area contributed by atoms with Crippen LogP contribution in [-0.2, 0) is 20.8 Å². The molecule has 1 aromatic carbocycles. The zero-order chi connectivity index (χ0) is 20.4. The highest BCUT2D eigenvalue weighted by atomic mass is 32.1. The number of thiazole rings is 1. The number of amides is 1. The molecule has 2 aromatic rings. The molecule has 6 nitrogen and oxygen atoms in total. The molecular weight excluding hydrogens is 376 g/mol. The topological polar surface area (TPSA) is 68.7 Å². The first-order valence-electron chi connectivity index (χ1n) is 9.54. The Balaban J connectivity index is 2.16. The Labute approximate surface area is 170 Å². The number of ether oxygens (including phenoxy) is 2. The molecule has 1 amide bonds. The first-order valence-corrected chi connectivity index (χ1v) is 10.4. The van der Waals surface area contributed by atoms with E-state index in [9.17, 15) is 9.59 Å². The lowest BCUT2D eigenvalue weighted by atomic mass is 9.95. The van der Waals surface area contributed by atoms with Crippen molar-refractivity contribution in [3.8, 4) is 0 Å². The molecule has 1 unspecified atom stereocenters. The minimum absolute atomic E-state index is 0.0695. The van der Waals surface area contributed by atoms with Crippen LogP contribution in [0.4, 0.5) is 0 Å². The SMILES string of the molecule is CCOCCCN(Cc1nc(C(=O)OC)cs1)C(=O)C(CC)c1ccccc1. The third kappa shape index (κ3) is 6.14. The Kier molecular flexibility index (Phi) is 9.10. The van der Waals surface area contributed by atoms with Crippen LogP contribution in [0.25, 0.3) is 0 Å². The lowest BCUT2D eigenvalue weighted by molar-refractivity contribution is -0.133. The highest BCUT2D eigenvalue weighted by Crippen LogP contribution is 2.24. The number of hydrogen-bond donors (Lipinski definition) is 0. The third-order valence-electron chi connectivity index (χ3n) is 4.41. The van der Waals surface area contributed by atoms with Gasteiger partial charge in [-0.1, -0.05) is 37.3 Å². The summed E-state index contributed by atoms with van der Waals surface area (Å²) in [5.41, 5.74) is 1.29. The Hall–Kier alpha value is -2.25. The second kappa shape index (κ2) is 11.6. The monoisotopic (exact) mass is 404 g/mol. The maximum atomic E-state index is 13.3. The van der Waals surface area contributed by atoms with Crippen LogP contribution in [0.3, 0.4) is 0 Å². The third-order valence-corrected chi connectivity index (χ3v) is 5.25. The lowest BCUT2D eigenvalue weighted by Gasteiger charge is -2.26. The first-order chi connectivity index (χ1) is 13.6. The van der Waals surface area contributed by atoms with E-state index in [1.54, 1.807) is 5.38 Å². The number of esters is 1. The fraction of sp³-hybridized carbons (Fsp3) is 0.476. The maximum Gasteiger partial charge on any atom is 0.357 e. The van der Waals surface area contributed by atoms with Crippen LogP contribution in [0, 0.1) is 0 Å². The predicted molar refractivity (Wildman–Crippen MR) is 109 cm³/mol. The summed E-state index contributed by atoms with van der Waals surface area (Å²) in [7, 11) is 1.33. The molecule has 0 saturated heterocycles. The molecule has 0 radical (unpaired) electrons. The fourth-order valence-corrected chi connectivity index (χ4v) is 3.75. The second-order valence-corrected chi connectivity index (χ2v) is 7.24.